The van der Waals surface area contributed by atoms with E-state index in [0.29, 0.717) is 0 Å². The van der Waals surface area contributed by atoms with Crippen LogP contribution in [0.4, 0.5) is 0 Å². The molecule has 0 aliphatic rings. The molecule has 0 spiro atoms. The Bertz CT molecular complexity index is 1030. The molecule has 0 bridgehead atoms. The van der Waals surface area contributed by atoms with E-state index in [9.17, 15) is 4.79 Å². The number of para-hydroxylation sites is 1. The standard InChI is InChI=1S/C17H13N3O2/c1-9-15(11-4-2-3-5-13(11)18-9)16-12-7-6-10(17(21)22)8-14(12)19-20-16/h2-8,18H,1H3,(H,19,20)(H,21,22). The van der Waals surface area contributed by atoms with Crippen molar-refractivity contribution < 1.29 is 9.90 Å². The van der Waals surface area contributed by atoms with E-state index in [0.717, 1.165) is 38.8 Å². The highest BCUT2D eigenvalue weighted by atomic mass is 16.4. The number of carboxylic acid groups (broad SMARTS) is 1. The third kappa shape index (κ3) is 1.72. The van der Waals surface area contributed by atoms with Crippen molar-refractivity contribution in [3.8, 4) is 11.3 Å². The van der Waals surface area contributed by atoms with Gasteiger partial charge in [-0.05, 0) is 31.2 Å². The van der Waals surface area contributed by atoms with Gasteiger partial charge >= 0.3 is 5.97 Å². The zero-order valence-electron chi connectivity index (χ0n) is 11.8. The van der Waals surface area contributed by atoms with Crippen molar-refractivity contribution in [3.05, 3.63) is 53.7 Å². The number of aryl methyl sites for hydroxylation is 1. The summed E-state index contributed by atoms with van der Waals surface area (Å²) in [7, 11) is 0. The lowest BCUT2D eigenvalue weighted by Crippen LogP contribution is -1.94. The van der Waals surface area contributed by atoms with Crippen LogP contribution in [0.15, 0.2) is 42.5 Å². The van der Waals surface area contributed by atoms with Crippen molar-refractivity contribution in [2.24, 2.45) is 0 Å². The van der Waals surface area contributed by atoms with Gasteiger partial charge < -0.3 is 10.1 Å². The summed E-state index contributed by atoms with van der Waals surface area (Å²) in [4.78, 5) is 14.4. The van der Waals surface area contributed by atoms with E-state index in [-0.39, 0.29) is 5.56 Å². The maximum absolute atomic E-state index is 11.1. The smallest absolute Gasteiger partial charge is 0.335 e. The molecule has 5 heteroatoms. The van der Waals surface area contributed by atoms with Crippen molar-refractivity contribution in [2.45, 2.75) is 6.92 Å². The predicted molar refractivity (Wildman–Crippen MR) is 85.1 cm³/mol. The largest absolute Gasteiger partial charge is 0.478 e. The molecule has 0 saturated carbocycles. The van der Waals surface area contributed by atoms with Crippen LogP contribution >= 0.6 is 0 Å². The van der Waals surface area contributed by atoms with Crippen LogP contribution < -0.4 is 0 Å². The molecular weight excluding hydrogens is 278 g/mol. The van der Waals surface area contributed by atoms with Crippen LogP contribution in [0, 0.1) is 6.92 Å². The maximum Gasteiger partial charge on any atom is 0.335 e. The van der Waals surface area contributed by atoms with Gasteiger partial charge in [0.2, 0.25) is 0 Å². The Morgan fingerprint density at radius 2 is 1.91 bits per heavy atom. The van der Waals surface area contributed by atoms with Crippen LogP contribution in [0.5, 0.6) is 0 Å². The number of fused-ring (bicyclic) bond motifs is 2. The molecule has 0 amide bonds. The number of carboxylic acids is 1. The third-order valence-corrected chi connectivity index (χ3v) is 3.94. The van der Waals surface area contributed by atoms with E-state index >= 15 is 0 Å². The fourth-order valence-electron chi connectivity index (χ4n) is 2.92. The first-order valence-electron chi connectivity index (χ1n) is 6.94. The summed E-state index contributed by atoms with van der Waals surface area (Å²) in [5.74, 6) is -0.943. The van der Waals surface area contributed by atoms with E-state index in [1.807, 2.05) is 25.1 Å². The lowest BCUT2D eigenvalue weighted by molar-refractivity contribution is 0.0697. The molecule has 3 N–H and O–H groups in total. The molecule has 22 heavy (non-hydrogen) atoms. The Balaban J connectivity index is 2.01. The zero-order chi connectivity index (χ0) is 15.3. The molecular formula is C17H13N3O2. The lowest BCUT2D eigenvalue weighted by Gasteiger charge is -1.99. The fourth-order valence-corrected chi connectivity index (χ4v) is 2.92. The third-order valence-electron chi connectivity index (χ3n) is 3.94. The Morgan fingerprint density at radius 1 is 1.09 bits per heavy atom. The summed E-state index contributed by atoms with van der Waals surface area (Å²) in [6.07, 6.45) is 0. The normalized spacial score (nSPS) is 11.3. The molecule has 0 atom stereocenters. The van der Waals surface area contributed by atoms with Crippen molar-refractivity contribution in [1.82, 2.24) is 15.2 Å². The Kier molecular flexibility index (Phi) is 2.56. The van der Waals surface area contributed by atoms with Gasteiger partial charge in [-0.2, -0.15) is 5.10 Å². The summed E-state index contributed by atoms with van der Waals surface area (Å²) < 4.78 is 0. The summed E-state index contributed by atoms with van der Waals surface area (Å²) in [6.45, 7) is 2.02. The molecule has 4 aromatic rings. The number of aromatic amines is 2. The maximum atomic E-state index is 11.1. The second-order valence-electron chi connectivity index (χ2n) is 5.31. The highest BCUT2D eigenvalue weighted by Crippen LogP contribution is 2.35. The minimum atomic E-state index is -0.943. The summed E-state index contributed by atoms with van der Waals surface area (Å²) in [5.41, 5.74) is 4.95. The summed E-state index contributed by atoms with van der Waals surface area (Å²) in [5, 5.41) is 18.5. The minimum Gasteiger partial charge on any atom is -0.478 e. The Hall–Kier alpha value is -3.08. The van der Waals surface area contributed by atoms with Crippen LogP contribution in [0.2, 0.25) is 0 Å². The number of H-pyrrole nitrogens is 2. The molecule has 0 unspecified atom stereocenters. The Labute approximate surface area is 125 Å². The van der Waals surface area contributed by atoms with E-state index in [4.69, 9.17) is 5.11 Å². The highest BCUT2D eigenvalue weighted by molar-refractivity contribution is 6.05. The van der Waals surface area contributed by atoms with Crippen LogP contribution in [0.25, 0.3) is 33.1 Å². The molecule has 0 aliphatic carbocycles. The van der Waals surface area contributed by atoms with Gasteiger partial charge in [0.05, 0.1) is 11.1 Å². The van der Waals surface area contributed by atoms with Crippen molar-refractivity contribution >= 4 is 27.8 Å². The fraction of sp³-hybridized carbons (Fsp3) is 0.0588. The minimum absolute atomic E-state index is 0.248. The van der Waals surface area contributed by atoms with Gasteiger partial charge in [0, 0.05) is 27.5 Å². The average Bonchev–Trinajstić information content (AvgIpc) is 3.06. The number of nitrogens with one attached hydrogen (secondary N) is 2. The monoisotopic (exact) mass is 291 g/mol. The lowest BCUT2D eigenvalue weighted by atomic mass is 10.0. The van der Waals surface area contributed by atoms with Crippen molar-refractivity contribution in [3.63, 3.8) is 0 Å². The molecule has 2 heterocycles. The summed E-state index contributed by atoms with van der Waals surface area (Å²) >= 11 is 0. The Morgan fingerprint density at radius 3 is 2.73 bits per heavy atom. The molecule has 0 saturated heterocycles. The molecule has 108 valence electrons. The second-order valence-corrected chi connectivity index (χ2v) is 5.31. The molecule has 0 fully saturated rings. The highest BCUT2D eigenvalue weighted by Gasteiger charge is 2.16. The topological polar surface area (TPSA) is 81.8 Å². The zero-order valence-corrected chi connectivity index (χ0v) is 11.8. The van der Waals surface area contributed by atoms with Gasteiger partial charge in [0.15, 0.2) is 0 Å². The van der Waals surface area contributed by atoms with E-state index < -0.39 is 5.97 Å². The van der Waals surface area contributed by atoms with Crippen molar-refractivity contribution in [2.75, 3.05) is 0 Å². The van der Waals surface area contributed by atoms with E-state index in [1.165, 1.54) is 0 Å². The van der Waals surface area contributed by atoms with Gasteiger partial charge in [-0.25, -0.2) is 4.79 Å². The van der Waals surface area contributed by atoms with E-state index in [2.05, 4.69) is 21.2 Å². The number of aromatic nitrogens is 3. The van der Waals surface area contributed by atoms with Crippen LogP contribution in [-0.4, -0.2) is 26.3 Å². The number of aromatic carboxylic acids is 1. The van der Waals surface area contributed by atoms with Gasteiger partial charge in [-0.1, -0.05) is 18.2 Å². The molecule has 2 aromatic heterocycles. The van der Waals surface area contributed by atoms with E-state index in [1.54, 1.807) is 18.2 Å². The second kappa shape index (κ2) is 4.46. The van der Waals surface area contributed by atoms with Gasteiger partial charge in [-0.3, -0.25) is 5.10 Å². The van der Waals surface area contributed by atoms with Gasteiger partial charge in [0.1, 0.15) is 5.69 Å². The SMILES string of the molecule is Cc1[nH]c2ccccc2c1-c1n[nH]c2cc(C(=O)O)ccc12. The molecule has 0 aliphatic heterocycles. The first kappa shape index (κ1) is 12.6. The van der Waals surface area contributed by atoms with Crippen LogP contribution in [-0.2, 0) is 0 Å². The number of hydrogen-bond donors (Lipinski definition) is 3. The van der Waals surface area contributed by atoms with Gasteiger partial charge in [0.25, 0.3) is 0 Å². The quantitative estimate of drug-likeness (QED) is 0.526. The molecule has 5 nitrogen and oxygen atoms in total. The first-order chi connectivity index (χ1) is 10.6. The number of rotatable bonds is 2. The molecule has 4 rings (SSSR count). The van der Waals surface area contributed by atoms with Gasteiger partial charge in [-0.15, -0.1) is 0 Å². The first-order valence-corrected chi connectivity index (χ1v) is 6.94. The average molecular weight is 291 g/mol. The molecule has 2 aromatic carbocycles. The summed E-state index contributed by atoms with van der Waals surface area (Å²) in [6, 6.07) is 13.1. The molecule has 0 radical (unpaired) electrons. The predicted octanol–water partition coefficient (Wildman–Crippen LogP) is 3.72. The van der Waals surface area contributed by atoms with Crippen LogP contribution in [0.1, 0.15) is 16.1 Å². The number of benzene rings is 2. The van der Waals surface area contributed by atoms with Crippen LogP contribution in [0.3, 0.4) is 0 Å². The number of carbonyl (C=O) groups is 1. The number of nitrogens with zero attached hydrogens (tertiary/aromatic N) is 1. The van der Waals surface area contributed by atoms with Crippen molar-refractivity contribution in [1.29, 1.82) is 0 Å². The number of hydrogen-bond acceptors (Lipinski definition) is 2.